The molecular formula is C22H29N3O2. The molecule has 2 N–H and O–H groups in total. The van der Waals surface area contributed by atoms with Crippen molar-refractivity contribution in [2.24, 2.45) is 5.10 Å². The number of carbonyl (C=O) groups is 1. The van der Waals surface area contributed by atoms with Crippen LogP contribution in [0.4, 0.5) is 5.69 Å². The normalized spacial score (nSPS) is 11.1. The van der Waals surface area contributed by atoms with Crippen LogP contribution in [0, 0.1) is 0 Å². The van der Waals surface area contributed by atoms with Gasteiger partial charge >= 0.3 is 0 Å². The lowest BCUT2D eigenvalue weighted by atomic mass is 10.0. The van der Waals surface area contributed by atoms with Crippen LogP contribution in [0.3, 0.4) is 0 Å². The minimum absolute atomic E-state index is 0.161. The summed E-state index contributed by atoms with van der Waals surface area (Å²) in [5.74, 6) is 0.643. The maximum Gasteiger partial charge on any atom is 0.259 e. The average Bonchev–Trinajstić information content (AvgIpc) is 2.71. The second-order valence-electron chi connectivity index (χ2n) is 6.23. The van der Waals surface area contributed by atoms with E-state index in [4.69, 9.17) is 4.74 Å². The summed E-state index contributed by atoms with van der Waals surface area (Å²) in [6, 6.07) is 17.5. The first-order chi connectivity index (χ1) is 13.2. The highest BCUT2D eigenvalue weighted by Gasteiger charge is 2.05. The summed E-state index contributed by atoms with van der Waals surface area (Å²) in [7, 11) is 0. The maximum atomic E-state index is 12.1. The molecule has 0 fully saturated rings. The number of ether oxygens (including phenoxy) is 1. The Morgan fingerprint density at radius 2 is 1.74 bits per heavy atom. The predicted octanol–water partition coefficient (Wildman–Crippen LogP) is 4.60. The van der Waals surface area contributed by atoms with Gasteiger partial charge in [-0.1, -0.05) is 50.1 Å². The number of benzene rings is 2. The van der Waals surface area contributed by atoms with Crippen LogP contribution in [0.2, 0.25) is 0 Å². The molecule has 5 heteroatoms. The van der Waals surface area contributed by atoms with E-state index in [0.29, 0.717) is 6.61 Å². The molecular weight excluding hydrogens is 338 g/mol. The Bertz CT molecular complexity index is 712. The van der Waals surface area contributed by atoms with Crippen molar-refractivity contribution >= 4 is 17.3 Å². The van der Waals surface area contributed by atoms with Gasteiger partial charge in [-0.15, -0.1) is 0 Å². The van der Waals surface area contributed by atoms with Crippen molar-refractivity contribution in [1.29, 1.82) is 0 Å². The summed E-state index contributed by atoms with van der Waals surface area (Å²) in [5, 5.41) is 7.47. The van der Waals surface area contributed by atoms with Crippen LogP contribution in [0.1, 0.15) is 45.1 Å². The lowest BCUT2D eigenvalue weighted by Gasteiger charge is -2.09. The van der Waals surface area contributed by atoms with Gasteiger partial charge in [-0.2, -0.15) is 5.10 Å². The van der Waals surface area contributed by atoms with Crippen molar-refractivity contribution in [2.45, 2.75) is 39.5 Å². The Hall–Kier alpha value is -2.82. The average molecular weight is 367 g/mol. The van der Waals surface area contributed by atoms with Gasteiger partial charge in [0.15, 0.2) is 0 Å². The second-order valence-corrected chi connectivity index (χ2v) is 6.23. The third-order valence-electron chi connectivity index (χ3n) is 4.06. The van der Waals surface area contributed by atoms with E-state index < -0.39 is 0 Å². The quantitative estimate of drug-likeness (QED) is 0.347. The van der Waals surface area contributed by atoms with Crippen LogP contribution in [-0.2, 0) is 4.79 Å². The van der Waals surface area contributed by atoms with Gasteiger partial charge in [0.05, 0.1) is 18.9 Å². The van der Waals surface area contributed by atoms with E-state index in [9.17, 15) is 4.79 Å². The van der Waals surface area contributed by atoms with Gasteiger partial charge in [-0.3, -0.25) is 4.79 Å². The highest BCUT2D eigenvalue weighted by molar-refractivity contribution is 6.01. The number of hydrogen-bond donors (Lipinski definition) is 2. The van der Waals surface area contributed by atoms with E-state index in [1.165, 1.54) is 0 Å². The molecule has 5 nitrogen and oxygen atoms in total. The number of carbonyl (C=O) groups excluding carboxylic acids is 1. The standard InChI is InChI=1S/C22H29N3O2/c1-3-5-7-12-21(18-10-8-6-9-11-18)24-25-22(26)17-23-19-13-15-20(16-14-19)27-4-2/h6,8-11,13-16,23H,3-5,7,12,17H2,1-2H3,(H,25,26). The maximum absolute atomic E-state index is 12.1. The van der Waals surface area contributed by atoms with E-state index in [1.807, 2.05) is 61.5 Å². The van der Waals surface area contributed by atoms with Crippen molar-refractivity contribution in [1.82, 2.24) is 5.43 Å². The molecule has 0 aliphatic rings. The van der Waals surface area contributed by atoms with Gasteiger partial charge in [0, 0.05) is 5.69 Å². The molecule has 0 aliphatic heterocycles. The minimum Gasteiger partial charge on any atom is -0.494 e. The van der Waals surface area contributed by atoms with Crippen LogP contribution in [0.25, 0.3) is 0 Å². The fraction of sp³-hybridized carbons (Fsp3) is 0.364. The Kier molecular flexibility index (Phi) is 8.90. The summed E-state index contributed by atoms with van der Waals surface area (Å²) in [4.78, 5) is 12.1. The molecule has 0 radical (unpaired) electrons. The molecule has 0 spiro atoms. The van der Waals surface area contributed by atoms with E-state index in [1.54, 1.807) is 0 Å². The summed E-state index contributed by atoms with van der Waals surface area (Å²) in [6.07, 6.45) is 4.22. The van der Waals surface area contributed by atoms with Gasteiger partial charge in [-0.05, 0) is 49.6 Å². The van der Waals surface area contributed by atoms with Crippen molar-refractivity contribution in [3.05, 3.63) is 60.2 Å². The van der Waals surface area contributed by atoms with Crippen LogP contribution in [-0.4, -0.2) is 24.8 Å². The topological polar surface area (TPSA) is 62.7 Å². The minimum atomic E-state index is -0.173. The van der Waals surface area contributed by atoms with Crippen LogP contribution >= 0.6 is 0 Å². The van der Waals surface area contributed by atoms with Crippen LogP contribution in [0.15, 0.2) is 59.7 Å². The van der Waals surface area contributed by atoms with Crippen LogP contribution in [0.5, 0.6) is 5.75 Å². The summed E-state index contributed by atoms with van der Waals surface area (Å²) >= 11 is 0. The zero-order chi connectivity index (χ0) is 19.3. The van der Waals surface area contributed by atoms with E-state index in [0.717, 1.165) is 48.4 Å². The number of anilines is 1. The zero-order valence-corrected chi connectivity index (χ0v) is 16.2. The molecule has 2 aromatic carbocycles. The lowest BCUT2D eigenvalue weighted by molar-refractivity contribution is -0.119. The van der Waals surface area contributed by atoms with Gasteiger partial charge < -0.3 is 10.1 Å². The SMILES string of the molecule is CCCCCC(=NNC(=O)CNc1ccc(OCC)cc1)c1ccccc1. The molecule has 0 bridgehead atoms. The number of amides is 1. The molecule has 1 amide bonds. The molecule has 27 heavy (non-hydrogen) atoms. The first-order valence-corrected chi connectivity index (χ1v) is 9.60. The molecule has 0 saturated heterocycles. The number of rotatable bonds is 11. The van der Waals surface area contributed by atoms with E-state index in [-0.39, 0.29) is 12.5 Å². The number of nitrogens with zero attached hydrogens (tertiary/aromatic N) is 1. The molecule has 2 rings (SSSR count). The number of unbranched alkanes of at least 4 members (excludes halogenated alkanes) is 2. The third kappa shape index (κ3) is 7.52. The molecule has 0 saturated carbocycles. The smallest absolute Gasteiger partial charge is 0.259 e. The van der Waals surface area contributed by atoms with Gasteiger partial charge in [0.25, 0.3) is 5.91 Å². The highest BCUT2D eigenvalue weighted by Crippen LogP contribution is 2.15. The summed E-state index contributed by atoms with van der Waals surface area (Å²) in [6.45, 7) is 4.92. The molecule has 2 aromatic rings. The van der Waals surface area contributed by atoms with E-state index >= 15 is 0 Å². The van der Waals surface area contributed by atoms with Crippen molar-refractivity contribution in [2.75, 3.05) is 18.5 Å². The van der Waals surface area contributed by atoms with Gasteiger partial charge in [-0.25, -0.2) is 5.43 Å². The van der Waals surface area contributed by atoms with Crippen molar-refractivity contribution < 1.29 is 9.53 Å². The van der Waals surface area contributed by atoms with Crippen molar-refractivity contribution in [3.63, 3.8) is 0 Å². The Labute approximate surface area is 161 Å². The Morgan fingerprint density at radius 1 is 1.00 bits per heavy atom. The lowest BCUT2D eigenvalue weighted by Crippen LogP contribution is -2.27. The predicted molar refractivity (Wildman–Crippen MR) is 111 cm³/mol. The number of hydrogen-bond acceptors (Lipinski definition) is 4. The number of hydrazone groups is 1. The zero-order valence-electron chi connectivity index (χ0n) is 16.2. The van der Waals surface area contributed by atoms with Gasteiger partial charge in [0.2, 0.25) is 0 Å². The summed E-state index contributed by atoms with van der Waals surface area (Å²) < 4.78 is 5.41. The third-order valence-corrected chi connectivity index (χ3v) is 4.06. The first kappa shape index (κ1) is 20.5. The highest BCUT2D eigenvalue weighted by atomic mass is 16.5. The molecule has 144 valence electrons. The molecule has 0 unspecified atom stereocenters. The largest absolute Gasteiger partial charge is 0.494 e. The summed E-state index contributed by atoms with van der Waals surface area (Å²) in [5.41, 5.74) is 5.50. The fourth-order valence-electron chi connectivity index (χ4n) is 2.63. The molecule has 0 atom stereocenters. The Balaban J connectivity index is 1.89. The molecule has 0 aliphatic carbocycles. The Morgan fingerprint density at radius 3 is 2.41 bits per heavy atom. The van der Waals surface area contributed by atoms with Gasteiger partial charge in [0.1, 0.15) is 5.75 Å². The van der Waals surface area contributed by atoms with E-state index in [2.05, 4.69) is 22.8 Å². The fourth-order valence-corrected chi connectivity index (χ4v) is 2.63. The van der Waals surface area contributed by atoms with Crippen molar-refractivity contribution in [3.8, 4) is 5.75 Å². The number of nitrogens with one attached hydrogen (secondary N) is 2. The second kappa shape index (κ2) is 11.7. The monoisotopic (exact) mass is 367 g/mol. The van der Waals surface area contributed by atoms with Crippen LogP contribution < -0.4 is 15.5 Å². The molecule has 0 aromatic heterocycles. The first-order valence-electron chi connectivity index (χ1n) is 9.60. The molecule has 0 heterocycles.